The highest BCUT2D eigenvalue weighted by atomic mass is 35.5. The van der Waals surface area contributed by atoms with Crippen LogP contribution in [0.2, 0.25) is 5.02 Å². The molecule has 33 heavy (non-hydrogen) atoms. The number of hydrogen-bond acceptors (Lipinski definition) is 6. The van der Waals surface area contributed by atoms with Crippen molar-refractivity contribution < 1.29 is 4.74 Å². The minimum atomic E-state index is -0.258. The molecule has 0 spiro atoms. The Bertz CT molecular complexity index is 1350. The van der Waals surface area contributed by atoms with Crippen molar-refractivity contribution in [3.05, 3.63) is 75.9 Å². The minimum absolute atomic E-state index is 0.258. The van der Waals surface area contributed by atoms with Crippen molar-refractivity contribution in [2.75, 3.05) is 25.5 Å². The van der Waals surface area contributed by atoms with Gasteiger partial charge in [0.1, 0.15) is 11.6 Å². The number of methoxy groups -OCH3 is 1. The molecule has 0 atom stereocenters. The average molecular weight is 462 g/mol. The molecule has 3 aromatic heterocycles. The highest BCUT2D eigenvalue weighted by molar-refractivity contribution is 6.35. The fraction of sp³-hybridized carbons (Fsp3) is 0.240. The van der Waals surface area contributed by atoms with E-state index in [0.717, 1.165) is 37.2 Å². The lowest BCUT2D eigenvalue weighted by Crippen LogP contribution is -2.26. The first-order valence-corrected chi connectivity index (χ1v) is 11.3. The van der Waals surface area contributed by atoms with Gasteiger partial charge in [0.15, 0.2) is 0 Å². The summed E-state index contributed by atoms with van der Waals surface area (Å²) in [5.41, 5.74) is 3.32. The minimum Gasteiger partial charge on any atom is -0.495 e. The summed E-state index contributed by atoms with van der Waals surface area (Å²) in [6.07, 6.45) is 7.12. The Kier molecular flexibility index (Phi) is 5.98. The van der Waals surface area contributed by atoms with Crippen molar-refractivity contribution in [3.63, 3.8) is 0 Å². The van der Waals surface area contributed by atoms with Gasteiger partial charge in [0.05, 0.1) is 29.4 Å². The molecule has 7 nitrogen and oxygen atoms in total. The number of fused-ring (bicyclic) bond motifs is 1. The monoisotopic (exact) mass is 461 g/mol. The zero-order chi connectivity index (χ0) is 22.8. The summed E-state index contributed by atoms with van der Waals surface area (Å²) < 4.78 is 5.30. The molecule has 1 saturated heterocycles. The number of piperidine rings is 1. The number of ether oxygens (including phenoxy) is 1. The molecule has 1 fully saturated rings. The number of hydrogen-bond donors (Lipinski definition) is 3. The Labute approximate surface area is 196 Å². The van der Waals surface area contributed by atoms with Gasteiger partial charge in [-0.15, -0.1) is 0 Å². The van der Waals surface area contributed by atoms with E-state index in [2.05, 4.69) is 32.7 Å². The topological polar surface area (TPSA) is 91.9 Å². The average Bonchev–Trinajstić information content (AvgIpc) is 2.87. The number of pyridine rings is 3. The number of H-pyrrole nitrogens is 1. The molecule has 4 aromatic rings. The lowest BCUT2D eigenvalue weighted by atomic mass is 9.90. The van der Waals surface area contributed by atoms with Gasteiger partial charge < -0.3 is 20.4 Å². The molecule has 0 radical (unpaired) electrons. The second kappa shape index (κ2) is 9.21. The quantitative estimate of drug-likeness (QED) is 0.393. The third-order valence-electron chi connectivity index (χ3n) is 6.06. The van der Waals surface area contributed by atoms with Gasteiger partial charge >= 0.3 is 0 Å². The maximum absolute atomic E-state index is 12.7. The first-order chi connectivity index (χ1) is 16.1. The summed E-state index contributed by atoms with van der Waals surface area (Å²) in [7, 11) is 1.59. The van der Waals surface area contributed by atoms with E-state index in [-0.39, 0.29) is 5.56 Å². The van der Waals surface area contributed by atoms with E-state index in [9.17, 15) is 4.79 Å². The van der Waals surface area contributed by atoms with Crippen molar-refractivity contribution in [2.45, 2.75) is 18.8 Å². The van der Waals surface area contributed by atoms with Crippen LogP contribution in [0.1, 0.15) is 24.3 Å². The second-order valence-corrected chi connectivity index (χ2v) is 8.54. The molecule has 0 amide bonds. The third-order valence-corrected chi connectivity index (χ3v) is 6.38. The normalized spacial score (nSPS) is 14.4. The molecule has 0 aliphatic carbocycles. The van der Waals surface area contributed by atoms with Crippen molar-refractivity contribution in [1.29, 1.82) is 0 Å². The van der Waals surface area contributed by atoms with Crippen LogP contribution in [0.25, 0.3) is 22.0 Å². The van der Waals surface area contributed by atoms with Crippen molar-refractivity contribution in [1.82, 2.24) is 20.3 Å². The van der Waals surface area contributed by atoms with E-state index < -0.39 is 0 Å². The van der Waals surface area contributed by atoms with Crippen LogP contribution in [0.5, 0.6) is 5.75 Å². The zero-order valence-corrected chi connectivity index (χ0v) is 18.9. The molecule has 8 heteroatoms. The van der Waals surface area contributed by atoms with Crippen LogP contribution in [-0.2, 0) is 0 Å². The molecule has 1 aliphatic heterocycles. The largest absolute Gasteiger partial charge is 0.495 e. The van der Waals surface area contributed by atoms with E-state index >= 15 is 0 Å². The van der Waals surface area contributed by atoms with Crippen molar-refractivity contribution in [2.24, 2.45) is 0 Å². The molecule has 0 saturated carbocycles. The van der Waals surface area contributed by atoms with E-state index in [4.69, 9.17) is 21.3 Å². The van der Waals surface area contributed by atoms with Gasteiger partial charge in [-0.1, -0.05) is 23.7 Å². The molecule has 0 bridgehead atoms. The molecule has 4 heterocycles. The highest BCUT2D eigenvalue weighted by Gasteiger charge is 2.17. The zero-order valence-electron chi connectivity index (χ0n) is 18.2. The number of rotatable bonds is 5. The summed E-state index contributed by atoms with van der Waals surface area (Å²) in [5, 5.41) is 8.19. The predicted molar refractivity (Wildman–Crippen MR) is 132 cm³/mol. The molecule has 168 valence electrons. The molecule has 1 aromatic carbocycles. The van der Waals surface area contributed by atoms with Crippen LogP contribution in [0, 0.1) is 0 Å². The standard InChI is InChI=1S/C25H24ClN5O2/c1-33-19-10-17(12-28-13-19)22-11-20-21(26)14-29-25(32)23(20)24(31-22)30-18-4-2-15(3-5-18)16-6-8-27-9-7-16/h2-5,10-14,16,27H,6-9H2,1H3,(H,29,32)(H,30,31). The van der Waals surface area contributed by atoms with Crippen LogP contribution in [0.4, 0.5) is 11.5 Å². The Balaban J connectivity index is 1.56. The molecular weight excluding hydrogens is 438 g/mol. The molecule has 0 unspecified atom stereocenters. The van der Waals surface area contributed by atoms with Crippen LogP contribution in [0.15, 0.2) is 59.8 Å². The summed E-state index contributed by atoms with van der Waals surface area (Å²) >= 11 is 6.46. The summed E-state index contributed by atoms with van der Waals surface area (Å²) in [6, 6.07) is 12.0. The molecular formula is C25H24ClN5O2. The number of aromatic nitrogens is 3. The lowest BCUT2D eigenvalue weighted by Gasteiger charge is -2.23. The van der Waals surface area contributed by atoms with Gasteiger partial charge in [0.2, 0.25) is 0 Å². The van der Waals surface area contributed by atoms with Crippen molar-refractivity contribution >= 4 is 33.9 Å². The van der Waals surface area contributed by atoms with Gasteiger partial charge in [0, 0.05) is 29.0 Å². The lowest BCUT2D eigenvalue weighted by molar-refractivity contribution is 0.413. The fourth-order valence-electron chi connectivity index (χ4n) is 4.28. The summed E-state index contributed by atoms with van der Waals surface area (Å²) in [6.45, 7) is 2.10. The Morgan fingerprint density at radius 1 is 1.12 bits per heavy atom. The van der Waals surface area contributed by atoms with Gasteiger partial charge in [0.25, 0.3) is 5.56 Å². The Morgan fingerprint density at radius 3 is 2.67 bits per heavy atom. The number of anilines is 2. The van der Waals surface area contributed by atoms with Gasteiger partial charge in [-0.05, 0) is 61.7 Å². The SMILES string of the molecule is COc1cncc(-c2cc3c(Cl)c[nH]c(=O)c3c(Nc3ccc(C4CCNCC4)cc3)n2)c1. The highest BCUT2D eigenvalue weighted by Crippen LogP contribution is 2.33. The van der Waals surface area contributed by atoms with E-state index in [0.29, 0.717) is 39.0 Å². The first-order valence-electron chi connectivity index (χ1n) is 10.9. The summed E-state index contributed by atoms with van der Waals surface area (Å²) in [4.78, 5) is 24.4. The molecule has 5 rings (SSSR count). The first kappa shape index (κ1) is 21.4. The Hall–Kier alpha value is -3.42. The molecule has 3 N–H and O–H groups in total. The number of halogens is 1. The van der Waals surface area contributed by atoms with Crippen LogP contribution >= 0.6 is 11.6 Å². The van der Waals surface area contributed by atoms with Gasteiger partial charge in [-0.25, -0.2) is 4.98 Å². The van der Waals surface area contributed by atoms with E-state index in [1.807, 2.05) is 18.2 Å². The third kappa shape index (κ3) is 4.42. The van der Waals surface area contributed by atoms with E-state index in [1.54, 1.807) is 25.6 Å². The predicted octanol–water partition coefficient (Wildman–Crippen LogP) is 4.86. The Morgan fingerprint density at radius 2 is 1.91 bits per heavy atom. The number of benzene rings is 1. The number of nitrogens with one attached hydrogen (secondary N) is 3. The number of aromatic amines is 1. The van der Waals surface area contributed by atoms with Crippen LogP contribution in [0.3, 0.4) is 0 Å². The van der Waals surface area contributed by atoms with E-state index in [1.165, 1.54) is 11.8 Å². The molecule has 1 aliphatic rings. The van der Waals surface area contributed by atoms with Gasteiger partial charge in [-0.2, -0.15) is 0 Å². The smallest absolute Gasteiger partial charge is 0.259 e. The summed E-state index contributed by atoms with van der Waals surface area (Å²) in [5.74, 6) is 1.63. The fourth-order valence-corrected chi connectivity index (χ4v) is 4.49. The maximum Gasteiger partial charge on any atom is 0.259 e. The van der Waals surface area contributed by atoms with Crippen molar-refractivity contribution in [3.8, 4) is 17.0 Å². The van der Waals surface area contributed by atoms with Crippen LogP contribution in [-0.4, -0.2) is 35.2 Å². The second-order valence-electron chi connectivity index (χ2n) is 8.13. The van der Waals surface area contributed by atoms with Crippen LogP contribution < -0.4 is 20.9 Å². The number of nitrogens with zero attached hydrogens (tertiary/aromatic N) is 2. The van der Waals surface area contributed by atoms with Gasteiger partial charge in [-0.3, -0.25) is 9.78 Å². The maximum atomic E-state index is 12.7.